The van der Waals surface area contributed by atoms with E-state index < -0.39 is 5.97 Å². The fourth-order valence-electron chi connectivity index (χ4n) is 1.83. The lowest BCUT2D eigenvalue weighted by Crippen LogP contribution is -2.15. The summed E-state index contributed by atoms with van der Waals surface area (Å²) < 4.78 is 4.96. The molecule has 1 heterocycles. The maximum absolute atomic E-state index is 12.0. The maximum atomic E-state index is 12.0. The molecule has 1 aromatic carbocycles. The predicted octanol–water partition coefficient (Wildman–Crippen LogP) is 2.69. The Bertz CT molecular complexity index is 583. The van der Waals surface area contributed by atoms with Crippen molar-refractivity contribution in [2.45, 2.75) is 26.4 Å². The van der Waals surface area contributed by atoms with Gasteiger partial charge in [-0.1, -0.05) is 18.2 Å². The van der Waals surface area contributed by atoms with Crippen molar-refractivity contribution in [3.63, 3.8) is 0 Å². The Hall–Kier alpha value is -2.10. The molecule has 0 saturated heterocycles. The van der Waals surface area contributed by atoms with Crippen LogP contribution in [0.2, 0.25) is 0 Å². The van der Waals surface area contributed by atoms with E-state index in [2.05, 4.69) is 4.98 Å². The molecule has 18 heavy (non-hydrogen) atoms. The summed E-state index contributed by atoms with van der Waals surface area (Å²) >= 11 is 0. The van der Waals surface area contributed by atoms with E-state index in [1.807, 2.05) is 24.3 Å². The van der Waals surface area contributed by atoms with E-state index in [9.17, 15) is 9.59 Å². The number of fused-ring (bicyclic) bond motifs is 1. The molecule has 4 nitrogen and oxygen atoms in total. The first kappa shape index (κ1) is 12.4. The van der Waals surface area contributed by atoms with Crippen molar-refractivity contribution in [2.24, 2.45) is 0 Å². The summed E-state index contributed by atoms with van der Waals surface area (Å²) in [6.07, 6.45) is 1.21. The minimum absolute atomic E-state index is 0.201. The molecule has 0 atom stereocenters. The van der Waals surface area contributed by atoms with Crippen molar-refractivity contribution < 1.29 is 14.3 Å². The molecule has 0 radical (unpaired) electrons. The molecule has 0 saturated carbocycles. The number of carbonyl (C=O) groups excluding carboxylic acids is 2. The molecule has 0 amide bonds. The van der Waals surface area contributed by atoms with Crippen molar-refractivity contribution in [3.8, 4) is 0 Å². The standard InChI is InChI=1S/C14H15NO3/c1-9(2)18-14(17)7-13(16)11-8-15-12-6-4-3-5-10(11)12/h3-6,8-9,15H,7H2,1-2H3. The molecule has 0 unspecified atom stereocenters. The van der Waals surface area contributed by atoms with Gasteiger partial charge in [0.2, 0.25) is 0 Å². The van der Waals surface area contributed by atoms with Crippen LogP contribution in [-0.4, -0.2) is 22.8 Å². The van der Waals surface area contributed by atoms with Gasteiger partial charge in [-0.05, 0) is 19.9 Å². The first-order chi connectivity index (χ1) is 8.58. The molecule has 0 fully saturated rings. The number of ether oxygens (including phenoxy) is 1. The summed E-state index contributed by atoms with van der Waals surface area (Å²) in [7, 11) is 0. The summed E-state index contributed by atoms with van der Waals surface area (Å²) in [4.78, 5) is 26.4. The molecule has 0 spiro atoms. The van der Waals surface area contributed by atoms with Gasteiger partial charge in [0.05, 0.1) is 6.10 Å². The van der Waals surface area contributed by atoms with Gasteiger partial charge in [0, 0.05) is 22.7 Å². The van der Waals surface area contributed by atoms with Gasteiger partial charge in [0.15, 0.2) is 5.78 Å². The van der Waals surface area contributed by atoms with Crippen molar-refractivity contribution >= 4 is 22.7 Å². The molecule has 0 bridgehead atoms. The van der Waals surface area contributed by atoms with E-state index in [-0.39, 0.29) is 18.3 Å². The number of hydrogen-bond acceptors (Lipinski definition) is 3. The Morgan fingerprint density at radius 2 is 2.00 bits per heavy atom. The lowest BCUT2D eigenvalue weighted by molar-refractivity contribution is -0.146. The maximum Gasteiger partial charge on any atom is 0.313 e. The van der Waals surface area contributed by atoms with Crippen LogP contribution in [0.1, 0.15) is 30.6 Å². The molecule has 2 rings (SSSR count). The van der Waals surface area contributed by atoms with Crippen LogP contribution in [0.3, 0.4) is 0 Å². The summed E-state index contributed by atoms with van der Waals surface area (Å²) in [5, 5.41) is 0.833. The lowest BCUT2D eigenvalue weighted by Gasteiger charge is -2.06. The van der Waals surface area contributed by atoms with Gasteiger partial charge in [-0.3, -0.25) is 9.59 Å². The van der Waals surface area contributed by atoms with Gasteiger partial charge in [-0.2, -0.15) is 0 Å². The monoisotopic (exact) mass is 245 g/mol. The second-order valence-electron chi connectivity index (χ2n) is 4.39. The van der Waals surface area contributed by atoms with Crippen molar-refractivity contribution in [3.05, 3.63) is 36.0 Å². The molecule has 0 aliphatic heterocycles. The number of carbonyl (C=O) groups is 2. The molecule has 1 N–H and O–H groups in total. The van der Waals surface area contributed by atoms with Crippen LogP contribution < -0.4 is 0 Å². The highest BCUT2D eigenvalue weighted by atomic mass is 16.5. The van der Waals surface area contributed by atoms with Crippen molar-refractivity contribution in [1.82, 2.24) is 4.98 Å². The van der Waals surface area contributed by atoms with Crippen LogP contribution in [0.5, 0.6) is 0 Å². The molecule has 0 aliphatic carbocycles. The Labute approximate surface area is 105 Å². The molecule has 94 valence electrons. The summed E-state index contributed by atoms with van der Waals surface area (Å²) in [6.45, 7) is 3.52. The second-order valence-corrected chi connectivity index (χ2v) is 4.39. The zero-order valence-corrected chi connectivity index (χ0v) is 10.4. The fraction of sp³-hybridized carbons (Fsp3) is 0.286. The quantitative estimate of drug-likeness (QED) is 0.512. The first-order valence-corrected chi connectivity index (χ1v) is 5.86. The second kappa shape index (κ2) is 5.04. The van der Waals surface area contributed by atoms with E-state index in [0.717, 1.165) is 10.9 Å². The molecule has 1 aromatic heterocycles. The Balaban J connectivity index is 2.16. The van der Waals surface area contributed by atoms with Crippen LogP contribution in [0, 0.1) is 0 Å². The number of esters is 1. The minimum Gasteiger partial charge on any atom is -0.463 e. The number of ketones is 1. The highest BCUT2D eigenvalue weighted by Crippen LogP contribution is 2.19. The predicted molar refractivity (Wildman–Crippen MR) is 68.5 cm³/mol. The Kier molecular flexibility index (Phi) is 3.46. The number of rotatable bonds is 4. The lowest BCUT2D eigenvalue weighted by atomic mass is 10.1. The van der Waals surface area contributed by atoms with Gasteiger partial charge < -0.3 is 9.72 Å². The summed E-state index contributed by atoms with van der Waals surface area (Å²) in [6, 6.07) is 7.49. The molecular formula is C14H15NO3. The van der Waals surface area contributed by atoms with Crippen LogP contribution in [0.15, 0.2) is 30.5 Å². The Morgan fingerprint density at radius 3 is 2.72 bits per heavy atom. The Morgan fingerprint density at radius 1 is 1.28 bits per heavy atom. The third-order valence-corrected chi connectivity index (χ3v) is 2.56. The van der Waals surface area contributed by atoms with Crippen molar-refractivity contribution in [2.75, 3.05) is 0 Å². The van der Waals surface area contributed by atoms with Crippen LogP contribution in [0.4, 0.5) is 0 Å². The molecule has 0 aliphatic rings. The summed E-state index contributed by atoms with van der Waals surface area (Å²) in [5.74, 6) is -0.710. The number of H-pyrrole nitrogens is 1. The topological polar surface area (TPSA) is 59.2 Å². The van der Waals surface area contributed by atoms with E-state index in [4.69, 9.17) is 4.74 Å². The molecule has 2 aromatic rings. The number of nitrogens with one attached hydrogen (secondary N) is 1. The third-order valence-electron chi connectivity index (χ3n) is 2.56. The van der Waals surface area contributed by atoms with Crippen LogP contribution in [0.25, 0.3) is 10.9 Å². The fourth-order valence-corrected chi connectivity index (χ4v) is 1.83. The molecular weight excluding hydrogens is 230 g/mol. The number of hydrogen-bond donors (Lipinski definition) is 1. The van der Waals surface area contributed by atoms with Gasteiger partial charge in [-0.25, -0.2) is 0 Å². The number of para-hydroxylation sites is 1. The van der Waals surface area contributed by atoms with E-state index in [0.29, 0.717) is 5.56 Å². The first-order valence-electron chi connectivity index (χ1n) is 5.86. The van der Waals surface area contributed by atoms with Crippen molar-refractivity contribution in [1.29, 1.82) is 0 Å². The third kappa shape index (κ3) is 2.59. The number of aromatic amines is 1. The number of Topliss-reactive ketones (excluding diaryl/α,β-unsaturated/α-hetero) is 1. The highest BCUT2D eigenvalue weighted by molar-refractivity contribution is 6.13. The van der Waals surface area contributed by atoms with Gasteiger partial charge >= 0.3 is 5.97 Å². The largest absolute Gasteiger partial charge is 0.463 e. The minimum atomic E-state index is -0.486. The van der Waals surface area contributed by atoms with Crippen LogP contribution >= 0.6 is 0 Å². The number of benzene rings is 1. The highest BCUT2D eigenvalue weighted by Gasteiger charge is 2.17. The van der Waals surface area contributed by atoms with Gasteiger partial charge in [0.1, 0.15) is 6.42 Å². The van der Waals surface area contributed by atoms with Gasteiger partial charge in [0.25, 0.3) is 0 Å². The SMILES string of the molecule is CC(C)OC(=O)CC(=O)c1c[nH]c2ccccc12. The zero-order chi connectivity index (χ0) is 13.1. The van der Waals surface area contributed by atoms with E-state index >= 15 is 0 Å². The average Bonchev–Trinajstić information content (AvgIpc) is 2.71. The average molecular weight is 245 g/mol. The molecule has 4 heteroatoms. The number of aromatic nitrogens is 1. The van der Waals surface area contributed by atoms with Crippen LogP contribution in [-0.2, 0) is 9.53 Å². The van der Waals surface area contributed by atoms with E-state index in [1.54, 1.807) is 20.0 Å². The normalized spacial score (nSPS) is 10.8. The smallest absolute Gasteiger partial charge is 0.313 e. The van der Waals surface area contributed by atoms with E-state index in [1.165, 1.54) is 0 Å². The van der Waals surface area contributed by atoms with Gasteiger partial charge in [-0.15, -0.1) is 0 Å². The zero-order valence-electron chi connectivity index (χ0n) is 10.4. The summed E-state index contributed by atoms with van der Waals surface area (Å²) in [5.41, 5.74) is 1.42.